The van der Waals surface area contributed by atoms with Crippen molar-refractivity contribution >= 4 is 17.5 Å². The van der Waals surface area contributed by atoms with Gasteiger partial charge in [-0.3, -0.25) is 4.79 Å². The second-order valence-corrected chi connectivity index (χ2v) is 4.78. The van der Waals surface area contributed by atoms with E-state index in [-0.39, 0.29) is 17.9 Å². The molecule has 0 unspecified atom stereocenters. The molecule has 1 saturated carbocycles. The Balaban J connectivity index is 2.04. The summed E-state index contributed by atoms with van der Waals surface area (Å²) in [7, 11) is 1.63. The van der Waals surface area contributed by atoms with Gasteiger partial charge in [0, 0.05) is 18.1 Å². The molecule has 3 nitrogen and oxygen atoms in total. The topological polar surface area (TPSA) is 38.3 Å². The molecule has 92 valence electrons. The number of nitrogens with one attached hydrogen (secondary N) is 1. The highest BCUT2D eigenvalue weighted by Gasteiger charge is 2.31. The molecule has 0 radical (unpaired) electrons. The molecule has 1 fully saturated rings. The average molecular weight is 254 g/mol. The molecule has 0 heterocycles. The van der Waals surface area contributed by atoms with Crippen molar-refractivity contribution in [1.29, 1.82) is 0 Å². The van der Waals surface area contributed by atoms with E-state index in [1.54, 1.807) is 7.11 Å². The predicted octanol–water partition coefficient (Wildman–Crippen LogP) is 2.55. The summed E-state index contributed by atoms with van der Waals surface area (Å²) >= 11 is 5.84. The van der Waals surface area contributed by atoms with Crippen LogP contribution in [0.3, 0.4) is 0 Å². The van der Waals surface area contributed by atoms with Gasteiger partial charge < -0.3 is 10.1 Å². The van der Waals surface area contributed by atoms with E-state index in [0.29, 0.717) is 11.6 Å². The highest BCUT2D eigenvalue weighted by molar-refractivity contribution is 6.30. The van der Waals surface area contributed by atoms with Crippen LogP contribution in [0.25, 0.3) is 0 Å². The first-order chi connectivity index (χ1) is 8.20. The number of carbonyl (C=O) groups excluding carboxylic acids is 1. The number of rotatable bonds is 5. The molecular weight excluding hydrogens is 238 g/mol. The zero-order chi connectivity index (χ0) is 12.3. The van der Waals surface area contributed by atoms with Crippen LogP contribution >= 0.6 is 11.6 Å². The fourth-order valence-electron chi connectivity index (χ4n) is 1.72. The van der Waals surface area contributed by atoms with E-state index < -0.39 is 0 Å². The fourth-order valence-corrected chi connectivity index (χ4v) is 1.84. The summed E-state index contributed by atoms with van der Waals surface area (Å²) in [6.45, 7) is 0.472. The van der Waals surface area contributed by atoms with E-state index in [1.165, 1.54) is 0 Å². The molecule has 1 aromatic rings. The summed E-state index contributed by atoms with van der Waals surface area (Å²) in [5, 5.41) is 3.70. The third-order valence-electron chi connectivity index (χ3n) is 2.87. The lowest BCUT2D eigenvalue weighted by molar-refractivity contribution is -0.123. The number of amides is 1. The van der Waals surface area contributed by atoms with Gasteiger partial charge in [-0.1, -0.05) is 23.7 Å². The van der Waals surface area contributed by atoms with Crippen LogP contribution in [0.1, 0.15) is 24.4 Å². The molecule has 1 aromatic carbocycles. The van der Waals surface area contributed by atoms with Gasteiger partial charge in [-0.15, -0.1) is 0 Å². The zero-order valence-corrected chi connectivity index (χ0v) is 10.5. The SMILES string of the molecule is COC[C@H](NC(=O)C1CC1)c1ccc(Cl)cc1. The van der Waals surface area contributed by atoms with Gasteiger partial charge in [-0.25, -0.2) is 0 Å². The van der Waals surface area contributed by atoms with Crippen LogP contribution in [0, 0.1) is 5.92 Å². The lowest BCUT2D eigenvalue weighted by atomic mass is 10.1. The van der Waals surface area contributed by atoms with Gasteiger partial charge in [0.1, 0.15) is 0 Å². The van der Waals surface area contributed by atoms with E-state index in [2.05, 4.69) is 5.32 Å². The molecule has 0 bridgehead atoms. The average Bonchev–Trinajstić information content (AvgIpc) is 3.13. The first kappa shape index (κ1) is 12.4. The minimum absolute atomic E-state index is 0.0923. The van der Waals surface area contributed by atoms with Gasteiger partial charge in [0.15, 0.2) is 0 Å². The molecule has 0 saturated heterocycles. The van der Waals surface area contributed by atoms with Crippen molar-refractivity contribution in [2.24, 2.45) is 5.92 Å². The van der Waals surface area contributed by atoms with Crippen molar-refractivity contribution < 1.29 is 9.53 Å². The minimum atomic E-state index is -0.0923. The van der Waals surface area contributed by atoms with Gasteiger partial charge in [-0.2, -0.15) is 0 Å². The van der Waals surface area contributed by atoms with Crippen LogP contribution in [0.2, 0.25) is 5.02 Å². The Morgan fingerprint density at radius 1 is 1.47 bits per heavy atom. The summed E-state index contributed by atoms with van der Waals surface area (Å²) in [4.78, 5) is 11.7. The lowest BCUT2D eigenvalue weighted by Gasteiger charge is -2.18. The molecule has 0 spiro atoms. The van der Waals surface area contributed by atoms with Crippen molar-refractivity contribution in [3.05, 3.63) is 34.9 Å². The highest BCUT2D eigenvalue weighted by Crippen LogP contribution is 2.30. The van der Waals surface area contributed by atoms with Crippen molar-refractivity contribution in [3.63, 3.8) is 0 Å². The molecule has 4 heteroatoms. The molecule has 2 rings (SSSR count). The van der Waals surface area contributed by atoms with Crippen LogP contribution in [0.5, 0.6) is 0 Å². The van der Waals surface area contributed by atoms with Crippen LogP contribution in [0.15, 0.2) is 24.3 Å². The lowest BCUT2D eigenvalue weighted by Crippen LogP contribution is -2.32. The molecule has 0 aliphatic heterocycles. The Morgan fingerprint density at radius 3 is 2.65 bits per heavy atom. The van der Waals surface area contributed by atoms with Gasteiger partial charge in [0.25, 0.3) is 0 Å². The van der Waals surface area contributed by atoms with Crippen molar-refractivity contribution in [3.8, 4) is 0 Å². The number of hydrogen-bond acceptors (Lipinski definition) is 2. The van der Waals surface area contributed by atoms with Gasteiger partial charge >= 0.3 is 0 Å². The first-order valence-electron chi connectivity index (χ1n) is 5.75. The first-order valence-corrected chi connectivity index (χ1v) is 6.13. The Kier molecular flexibility index (Phi) is 4.02. The van der Waals surface area contributed by atoms with E-state index in [1.807, 2.05) is 24.3 Å². The van der Waals surface area contributed by atoms with Gasteiger partial charge in [0.2, 0.25) is 5.91 Å². The Bertz CT molecular complexity index is 387. The maximum atomic E-state index is 11.7. The standard InChI is InChI=1S/C13H16ClNO2/c1-17-8-12(15-13(16)10-2-3-10)9-4-6-11(14)7-5-9/h4-7,10,12H,2-3,8H2,1H3,(H,15,16)/t12-/m0/s1. The quantitative estimate of drug-likeness (QED) is 0.876. The summed E-state index contributed by atoms with van der Waals surface area (Å²) in [6.07, 6.45) is 2.01. The largest absolute Gasteiger partial charge is 0.382 e. The third kappa shape index (κ3) is 3.45. The second kappa shape index (κ2) is 5.52. The number of hydrogen-bond donors (Lipinski definition) is 1. The normalized spacial score (nSPS) is 16.6. The highest BCUT2D eigenvalue weighted by atomic mass is 35.5. The van der Waals surface area contributed by atoms with Crippen molar-refractivity contribution in [1.82, 2.24) is 5.32 Å². The molecule has 17 heavy (non-hydrogen) atoms. The van der Waals surface area contributed by atoms with Gasteiger partial charge in [0.05, 0.1) is 12.6 Å². The van der Waals surface area contributed by atoms with Crippen molar-refractivity contribution in [2.45, 2.75) is 18.9 Å². The fraction of sp³-hybridized carbons (Fsp3) is 0.462. The second-order valence-electron chi connectivity index (χ2n) is 4.34. The Labute approximate surface area is 106 Å². The molecule has 1 atom stereocenters. The Morgan fingerprint density at radius 2 is 2.12 bits per heavy atom. The van der Waals surface area contributed by atoms with E-state index in [9.17, 15) is 4.79 Å². The number of ether oxygens (including phenoxy) is 1. The summed E-state index contributed by atoms with van der Waals surface area (Å²) < 4.78 is 5.14. The Hall–Kier alpha value is -1.06. The van der Waals surface area contributed by atoms with Gasteiger partial charge in [-0.05, 0) is 30.5 Å². The van der Waals surface area contributed by atoms with E-state index >= 15 is 0 Å². The van der Waals surface area contributed by atoms with Crippen LogP contribution in [0.4, 0.5) is 0 Å². The molecular formula is C13H16ClNO2. The monoisotopic (exact) mass is 253 g/mol. The summed E-state index contributed by atoms with van der Waals surface area (Å²) in [5.74, 6) is 0.337. The van der Waals surface area contributed by atoms with E-state index in [4.69, 9.17) is 16.3 Å². The molecule has 1 N–H and O–H groups in total. The maximum Gasteiger partial charge on any atom is 0.223 e. The number of carbonyl (C=O) groups is 1. The third-order valence-corrected chi connectivity index (χ3v) is 3.12. The summed E-state index contributed by atoms with van der Waals surface area (Å²) in [5.41, 5.74) is 1.02. The van der Waals surface area contributed by atoms with Crippen LogP contribution in [-0.4, -0.2) is 19.6 Å². The van der Waals surface area contributed by atoms with Crippen LogP contribution in [-0.2, 0) is 9.53 Å². The predicted molar refractivity (Wildman–Crippen MR) is 66.9 cm³/mol. The zero-order valence-electron chi connectivity index (χ0n) is 9.78. The summed E-state index contributed by atoms with van der Waals surface area (Å²) in [6, 6.07) is 7.38. The molecule has 1 aliphatic carbocycles. The molecule has 1 amide bonds. The number of benzene rings is 1. The van der Waals surface area contributed by atoms with Crippen molar-refractivity contribution in [2.75, 3.05) is 13.7 Å². The molecule has 1 aliphatic rings. The maximum absolute atomic E-state index is 11.7. The minimum Gasteiger partial charge on any atom is -0.382 e. The van der Waals surface area contributed by atoms with Crippen LogP contribution < -0.4 is 5.32 Å². The molecule has 0 aromatic heterocycles. The van der Waals surface area contributed by atoms with E-state index in [0.717, 1.165) is 18.4 Å². The number of halogens is 1. The smallest absolute Gasteiger partial charge is 0.223 e. The number of methoxy groups -OCH3 is 1.